The average molecular weight is 230 g/mol. The third kappa shape index (κ3) is 2.33. The summed E-state index contributed by atoms with van der Waals surface area (Å²) in [4.78, 5) is 0. The quantitative estimate of drug-likeness (QED) is 0.850. The largest absolute Gasteiger partial charge is 0.387 e. The normalized spacial score (nSPS) is 16.7. The zero-order chi connectivity index (χ0) is 12.5. The summed E-state index contributed by atoms with van der Waals surface area (Å²) in [7, 11) is 0. The lowest BCUT2D eigenvalue weighted by Crippen LogP contribution is -2.31. The molecule has 0 amide bonds. The molecule has 0 spiro atoms. The summed E-state index contributed by atoms with van der Waals surface area (Å²) in [6.07, 6.45) is -0.335. The van der Waals surface area contributed by atoms with Gasteiger partial charge in [0.25, 0.3) is 0 Å². The van der Waals surface area contributed by atoms with Crippen LogP contribution in [0, 0.1) is 0 Å². The zero-order valence-corrected chi connectivity index (χ0v) is 10.2. The van der Waals surface area contributed by atoms with Crippen molar-refractivity contribution >= 4 is 10.8 Å². The summed E-state index contributed by atoms with van der Waals surface area (Å²) in [5, 5.41) is 22.4. The molecule has 0 saturated carbocycles. The van der Waals surface area contributed by atoms with E-state index in [0.717, 1.165) is 16.3 Å². The molecule has 90 valence electrons. The summed E-state index contributed by atoms with van der Waals surface area (Å²) in [6, 6.07) is 13.8. The number of fused-ring (bicyclic) bond motifs is 1. The number of hydrogen-bond acceptors (Lipinski definition) is 2. The van der Waals surface area contributed by atoms with E-state index >= 15 is 0 Å². The Kier molecular flexibility index (Phi) is 3.18. The van der Waals surface area contributed by atoms with Crippen LogP contribution in [0.15, 0.2) is 42.5 Å². The maximum atomic E-state index is 10.2. The van der Waals surface area contributed by atoms with Crippen molar-refractivity contribution in [2.24, 2.45) is 0 Å². The lowest BCUT2D eigenvalue weighted by Gasteiger charge is -2.28. The number of benzene rings is 2. The van der Waals surface area contributed by atoms with E-state index in [1.165, 1.54) is 0 Å². The van der Waals surface area contributed by atoms with Gasteiger partial charge in [0.05, 0.1) is 5.60 Å². The predicted octanol–water partition coefficient (Wildman–Crippen LogP) is 3.03. The molecule has 2 rings (SSSR count). The molecule has 2 nitrogen and oxygen atoms in total. The standard InChI is InChI=1S/C15H18O2/c1-3-15(2,17)14(16)13-9-8-11-6-4-5-7-12(11)10-13/h4-10,14,16-17H,3H2,1-2H3. The number of aliphatic hydroxyl groups is 2. The molecule has 17 heavy (non-hydrogen) atoms. The van der Waals surface area contributed by atoms with Gasteiger partial charge in [0.2, 0.25) is 0 Å². The summed E-state index contributed by atoms with van der Waals surface area (Å²) >= 11 is 0. The van der Waals surface area contributed by atoms with Crippen LogP contribution in [0.3, 0.4) is 0 Å². The minimum absolute atomic E-state index is 0.515. The van der Waals surface area contributed by atoms with Crippen molar-refractivity contribution in [2.45, 2.75) is 32.0 Å². The van der Waals surface area contributed by atoms with Crippen LogP contribution >= 0.6 is 0 Å². The Morgan fingerprint density at radius 2 is 1.76 bits per heavy atom. The second kappa shape index (κ2) is 4.47. The van der Waals surface area contributed by atoms with Crippen LogP contribution in [0.2, 0.25) is 0 Å². The smallest absolute Gasteiger partial charge is 0.107 e. The fraction of sp³-hybridized carbons (Fsp3) is 0.333. The minimum atomic E-state index is -1.08. The van der Waals surface area contributed by atoms with Gasteiger partial charge in [-0.05, 0) is 35.7 Å². The molecule has 0 aliphatic heterocycles. The fourth-order valence-electron chi connectivity index (χ4n) is 1.93. The van der Waals surface area contributed by atoms with E-state index in [1.54, 1.807) is 6.92 Å². The fourth-order valence-corrected chi connectivity index (χ4v) is 1.93. The van der Waals surface area contributed by atoms with Crippen molar-refractivity contribution in [3.63, 3.8) is 0 Å². The Morgan fingerprint density at radius 3 is 2.41 bits per heavy atom. The van der Waals surface area contributed by atoms with E-state index in [4.69, 9.17) is 0 Å². The van der Waals surface area contributed by atoms with Gasteiger partial charge in [-0.15, -0.1) is 0 Å². The summed E-state index contributed by atoms with van der Waals surface area (Å²) < 4.78 is 0. The van der Waals surface area contributed by atoms with Crippen molar-refractivity contribution in [1.82, 2.24) is 0 Å². The number of rotatable bonds is 3. The second-order valence-electron chi connectivity index (χ2n) is 4.72. The first kappa shape index (κ1) is 12.1. The van der Waals surface area contributed by atoms with E-state index in [2.05, 4.69) is 0 Å². The molecule has 2 aromatic carbocycles. The van der Waals surface area contributed by atoms with Crippen molar-refractivity contribution in [3.05, 3.63) is 48.0 Å². The van der Waals surface area contributed by atoms with Gasteiger partial charge in [0.1, 0.15) is 6.10 Å². The van der Waals surface area contributed by atoms with Crippen molar-refractivity contribution < 1.29 is 10.2 Å². The molecule has 0 aliphatic rings. The Bertz CT molecular complexity index is 517. The zero-order valence-electron chi connectivity index (χ0n) is 10.2. The molecule has 0 saturated heterocycles. The van der Waals surface area contributed by atoms with Gasteiger partial charge >= 0.3 is 0 Å². The molecule has 2 heteroatoms. The molecular weight excluding hydrogens is 212 g/mol. The van der Waals surface area contributed by atoms with Gasteiger partial charge in [-0.2, -0.15) is 0 Å². The monoisotopic (exact) mass is 230 g/mol. The molecule has 0 aliphatic carbocycles. The average Bonchev–Trinajstić information content (AvgIpc) is 2.37. The molecule has 0 bridgehead atoms. The van der Waals surface area contributed by atoms with Gasteiger partial charge in [-0.3, -0.25) is 0 Å². The predicted molar refractivity (Wildman–Crippen MR) is 69.8 cm³/mol. The minimum Gasteiger partial charge on any atom is -0.387 e. The maximum Gasteiger partial charge on any atom is 0.107 e. The van der Waals surface area contributed by atoms with Crippen LogP contribution in [-0.4, -0.2) is 15.8 Å². The van der Waals surface area contributed by atoms with E-state index < -0.39 is 11.7 Å². The molecule has 2 atom stereocenters. The Morgan fingerprint density at radius 1 is 1.12 bits per heavy atom. The molecule has 2 aromatic rings. The van der Waals surface area contributed by atoms with E-state index in [0.29, 0.717) is 6.42 Å². The topological polar surface area (TPSA) is 40.5 Å². The molecule has 2 unspecified atom stereocenters. The van der Waals surface area contributed by atoms with Crippen LogP contribution in [0.5, 0.6) is 0 Å². The third-order valence-electron chi connectivity index (χ3n) is 3.39. The highest BCUT2D eigenvalue weighted by molar-refractivity contribution is 5.83. The molecule has 0 fully saturated rings. The van der Waals surface area contributed by atoms with Crippen LogP contribution < -0.4 is 0 Å². The lowest BCUT2D eigenvalue weighted by molar-refractivity contribution is -0.0658. The van der Waals surface area contributed by atoms with Crippen molar-refractivity contribution in [3.8, 4) is 0 Å². The van der Waals surface area contributed by atoms with Crippen LogP contribution in [0.1, 0.15) is 31.9 Å². The van der Waals surface area contributed by atoms with E-state index in [9.17, 15) is 10.2 Å². The van der Waals surface area contributed by atoms with Gasteiger partial charge < -0.3 is 10.2 Å². The van der Waals surface area contributed by atoms with Gasteiger partial charge in [-0.1, -0.05) is 43.3 Å². The first-order chi connectivity index (χ1) is 8.04. The molecule has 2 N–H and O–H groups in total. The van der Waals surface area contributed by atoms with Crippen LogP contribution in [0.4, 0.5) is 0 Å². The molecule has 0 heterocycles. The molecule has 0 radical (unpaired) electrons. The van der Waals surface area contributed by atoms with E-state index in [-0.39, 0.29) is 0 Å². The summed E-state index contributed by atoms with van der Waals surface area (Å²) in [5.74, 6) is 0. The highest BCUT2D eigenvalue weighted by Crippen LogP contribution is 2.30. The molecular formula is C15H18O2. The van der Waals surface area contributed by atoms with Gasteiger partial charge in [0, 0.05) is 0 Å². The number of aliphatic hydroxyl groups excluding tert-OH is 1. The van der Waals surface area contributed by atoms with Gasteiger partial charge in [-0.25, -0.2) is 0 Å². The summed E-state index contributed by atoms with van der Waals surface area (Å²) in [6.45, 7) is 3.52. The number of hydrogen-bond donors (Lipinski definition) is 2. The van der Waals surface area contributed by atoms with Crippen LogP contribution in [0.25, 0.3) is 10.8 Å². The first-order valence-electron chi connectivity index (χ1n) is 5.94. The van der Waals surface area contributed by atoms with Gasteiger partial charge in [0.15, 0.2) is 0 Å². The summed E-state index contributed by atoms with van der Waals surface area (Å²) in [5.41, 5.74) is -0.321. The highest BCUT2D eigenvalue weighted by Gasteiger charge is 2.29. The Balaban J connectivity index is 2.43. The second-order valence-corrected chi connectivity index (χ2v) is 4.72. The third-order valence-corrected chi connectivity index (χ3v) is 3.39. The van der Waals surface area contributed by atoms with E-state index in [1.807, 2.05) is 49.4 Å². The molecule has 0 aromatic heterocycles. The van der Waals surface area contributed by atoms with Crippen LogP contribution in [-0.2, 0) is 0 Å². The van der Waals surface area contributed by atoms with Crippen molar-refractivity contribution in [2.75, 3.05) is 0 Å². The SMILES string of the molecule is CCC(C)(O)C(O)c1ccc2ccccc2c1. The highest BCUT2D eigenvalue weighted by atomic mass is 16.3. The Labute approximate surface area is 102 Å². The Hall–Kier alpha value is -1.38. The lowest BCUT2D eigenvalue weighted by atomic mass is 9.89. The maximum absolute atomic E-state index is 10.2. The first-order valence-corrected chi connectivity index (χ1v) is 5.94. The van der Waals surface area contributed by atoms with Crippen molar-refractivity contribution in [1.29, 1.82) is 0 Å².